The van der Waals surface area contributed by atoms with E-state index in [0.29, 0.717) is 26.9 Å². The molecule has 8 rings (SSSR count). The largest absolute Gasteiger partial charge is 0.450 e. The quantitative estimate of drug-likeness (QED) is 0.152. The van der Waals surface area contributed by atoms with Gasteiger partial charge in [0.1, 0.15) is 11.4 Å². The summed E-state index contributed by atoms with van der Waals surface area (Å²) in [7, 11) is 0. The third kappa shape index (κ3) is 4.08. The van der Waals surface area contributed by atoms with Gasteiger partial charge in [-0.25, -0.2) is 4.39 Å². The minimum atomic E-state index is -1.88. The van der Waals surface area contributed by atoms with Gasteiger partial charge in [0.05, 0.1) is 23.2 Å². The number of thioether (sulfide) groups is 1. The van der Waals surface area contributed by atoms with Crippen molar-refractivity contribution in [2.24, 2.45) is 0 Å². The molecule has 1 unspecified atom stereocenters. The van der Waals surface area contributed by atoms with Gasteiger partial charge in [0.2, 0.25) is 10.9 Å². The van der Waals surface area contributed by atoms with Gasteiger partial charge in [-0.1, -0.05) is 102 Å². The predicted molar refractivity (Wildman–Crippen MR) is 170 cm³/mol. The third-order valence-electron chi connectivity index (χ3n) is 8.11. The van der Waals surface area contributed by atoms with Crippen LogP contribution >= 0.6 is 23.1 Å². The molecule has 4 aromatic carbocycles. The summed E-state index contributed by atoms with van der Waals surface area (Å²) in [6.45, 7) is 0.217. The van der Waals surface area contributed by atoms with Gasteiger partial charge < -0.3 is 9.32 Å². The molecule has 2 aliphatic heterocycles. The first kappa shape index (κ1) is 27.4. The summed E-state index contributed by atoms with van der Waals surface area (Å²) < 4.78 is 20.9. The van der Waals surface area contributed by atoms with Crippen molar-refractivity contribution >= 4 is 56.7 Å². The van der Waals surface area contributed by atoms with Gasteiger partial charge in [-0.15, -0.1) is 10.2 Å². The Bertz CT molecular complexity index is 2220. The van der Waals surface area contributed by atoms with Gasteiger partial charge in [-0.3, -0.25) is 19.3 Å². The van der Waals surface area contributed by atoms with Crippen LogP contribution in [0, 0.1) is 5.82 Å². The van der Waals surface area contributed by atoms with E-state index >= 15 is 0 Å². The minimum absolute atomic E-state index is 0.0463. The SMILES string of the molecule is O=C1c2oc3ccccc3c(=O)c2C2(C(=O)N(Cc3ccccc3)c3ccccc32)N1c1nnc(SCc2ccccc2F)s1. The maximum atomic E-state index is 15.0. The van der Waals surface area contributed by atoms with Gasteiger partial charge in [-0.2, -0.15) is 0 Å². The normalized spacial score (nSPS) is 17.0. The van der Waals surface area contributed by atoms with Crippen LogP contribution in [0.1, 0.15) is 32.8 Å². The molecule has 0 radical (unpaired) electrons. The highest BCUT2D eigenvalue weighted by Gasteiger charge is 2.66. The summed E-state index contributed by atoms with van der Waals surface area (Å²) in [5.41, 5.74) is 0.265. The molecule has 2 aliphatic rings. The van der Waals surface area contributed by atoms with E-state index in [0.717, 1.165) is 16.9 Å². The summed E-state index contributed by atoms with van der Waals surface area (Å²) in [5.74, 6) is -1.39. The lowest BCUT2D eigenvalue weighted by Gasteiger charge is -2.32. The topological polar surface area (TPSA) is 96.6 Å². The van der Waals surface area contributed by atoms with E-state index < -0.39 is 22.8 Å². The molecular weight excluding hydrogens is 612 g/mol. The molecule has 220 valence electrons. The molecule has 2 aromatic heterocycles. The Morgan fingerprint density at radius 1 is 0.844 bits per heavy atom. The number of carbonyl (C=O) groups excluding carboxylic acids is 2. The molecule has 0 fully saturated rings. The first-order valence-corrected chi connectivity index (χ1v) is 15.8. The van der Waals surface area contributed by atoms with Gasteiger partial charge >= 0.3 is 0 Å². The summed E-state index contributed by atoms with van der Waals surface area (Å²) in [5, 5.41) is 9.01. The number of hydrogen-bond acceptors (Lipinski definition) is 8. The summed E-state index contributed by atoms with van der Waals surface area (Å²) in [6.07, 6.45) is 0. The average Bonchev–Trinajstić information content (AvgIpc) is 3.70. The number of benzene rings is 4. The summed E-state index contributed by atoms with van der Waals surface area (Å²) >= 11 is 2.36. The van der Waals surface area contributed by atoms with Crippen LogP contribution < -0.4 is 15.2 Å². The number of fused-ring (bicyclic) bond motifs is 5. The van der Waals surface area contributed by atoms with E-state index in [-0.39, 0.29) is 39.8 Å². The van der Waals surface area contributed by atoms with E-state index in [4.69, 9.17) is 4.42 Å². The van der Waals surface area contributed by atoms with Crippen molar-refractivity contribution in [1.82, 2.24) is 10.2 Å². The molecule has 4 heterocycles. The number of rotatable bonds is 6. The number of aromatic nitrogens is 2. The number of nitrogens with zero attached hydrogens (tertiary/aromatic N) is 4. The zero-order valence-corrected chi connectivity index (χ0v) is 25.0. The zero-order valence-electron chi connectivity index (χ0n) is 23.3. The van der Waals surface area contributed by atoms with Crippen LogP contribution in [0.3, 0.4) is 0 Å². The fraction of sp³-hybridized carbons (Fsp3) is 0.0882. The third-order valence-corrected chi connectivity index (χ3v) is 10.2. The molecular formula is C34H21FN4O4S2. The van der Waals surface area contributed by atoms with Crippen molar-refractivity contribution in [1.29, 1.82) is 0 Å². The van der Waals surface area contributed by atoms with Crippen molar-refractivity contribution in [3.8, 4) is 0 Å². The maximum absolute atomic E-state index is 15.0. The highest BCUT2D eigenvalue weighted by atomic mass is 32.2. The van der Waals surface area contributed by atoms with Crippen LogP contribution in [0.15, 0.2) is 117 Å². The fourth-order valence-electron chi connectivity index (χ4n) is 6.14. The molecule has 6 aromatic rings. The van der Waals surface area contributed by atoms with Crippen molar-refractivity contribution in [2.75, 3.05) is 9.80 Å². The zero-order chi connectivity index (χ0) is 30.7. The smallest absolute Gasteiger partial charge is 0.297 e. The molecule has 11 heteroatoms. The second-order valence-corrected chi connectivity index (χ2v) is 12.8. The van der Waals surface area contributed by atoms with Crippen LogP contribution in [0.2, 0.25) is 0 Å². The monoisotopic (exact) mass is 632 g/mol. The lowest BCUT2D eigenvalue weighted by atomic mass is 9.84. The Hall–Kier alpha value is -5.13. The Morgan fingerprint density at radius 2 is 1.58 bits per heavy atom. The molecule has 0 bridgehead atoms. The van der Waals surface area contributed by atoms with Crippen LogP contribution in [-0.2, 0) is 22.6 Å². The number of anilines is 2. The Morgan fingerprint density at radius 3 is 2.42 bits per heavy atom. The summed E-state index contributed by atoms with van der Waals surface area (Å²) in [6, 6.07) is 29.8. The van der Waals surface area contributed by atoms with Crippen molar-refractivity contribution in [3.63, 3.8) is 0 Å². The minimum Gasteiger partial charge on any atom is -0.450 e. The fourth-order valence-corrected chi connectivity index (χ4v) is 8.02. The van der Waals surface area contributed by atoms with Gasteiger partial charge in [0, 0.05) is 11.3 Å². The molecule has 45 heavy (non-hydrogen) atoms. The second kappa shape index (κ2) is 10.5. The Labute approximate surface area is 263 Å². The van der Waals surface area contributed by atoms with Gasteiger partial charge in [0.25, 0.3) is 11.8 Å². The van der Waals surface area contributed by atoms with Crippen LogP contribution in [0.25, 0.3) is 11.0 Å². The van der Waals surface area contributed by atoms with E-state index in [1.165, 1.54) is 22.7 Å². The van der Waals surface area contributed by atoms with Gasteiger partial charge in [-0.05, 0) is 35.4 Å². The molecule has 1 spiro atoms. The highest BCUT2D eigenvalue weighted by molar-refractivity contribution is 8.00. The number of amides is 2. The maximum Gasteiger partial charge on any atom is 0.297 e. The van der Waals surface area contributed by atoms with E-state index in [9.17, 15) is 18.8 Å². The molecule has 2 amide bonds. The highest BCUT2D eigenvalue weighted by Crippen LogP contribution is 2.55. The Kier molecular flexibility index (Phi) is 6.40. The molecule has 0 aliphatic carbocycles. The predicted octanol–water partition coefficient (Wildman–Crippen LogP) is 6.53. The number of hydrogen-bond donors (Lipinski definition) is 0. The summed E-state index contributed by atoms with van der Waals surface area (Å²) in [4.78, 5) is 46.6. The van der Waals surface area contributed by atoms with E-state index in [2.05, 4.69) is 10.2 Å². The van der Waals surface area contributed by atoms with Crippen molar-refractivity contribution < 1.29 is 18.4 Å². The lowest BCUT2D eigenvalue weighted by molar-refractivity contribution is -0.121. The number of carbonyl (C=O) groups is 2. The van der Waals surface area contributed by atoms with Crippen molar-refractivity contribution in [3.05, 3.63) is 147 Å². The first-order valence-electron chi connectivity index (χ1n) is 14.0. The standard InChI is InChI=1S/C34H21FN4O4S2/c35-24-15-7-4-12-21(24)19-44-33-37-36-32(45-33)39-30(41)29-27(28(40)22-13-5-9-17-26(22)43-29)34(39)23-14-6-8-16-25(23)38(31(34)42)18-20-10-2-1-3-11-20/h1-17H,18-19H2. The van der Waals surface area contributed by atoms with Crippen LogP contribution in [0.5, 0.6) is 0 Å². The van der Waals surface area contributed by atoms with Crippen LogP contribution in [0.4, 0.5) is 15.2 Å². The lowest BCUT2D eigenvalue weighted by Crippen LogP contribution is -2.53. The van der Waals surface area contributed by atoms with Gasteiger partial charge in [0.15, 0.2) is 15.3 Å². The van der Waals surface area contributed by atoms with Crippen molar-refractivity contribution in [2.45, 2.75) is 22.2 Å². The average molecular weight is 633 g/mol. The molecule has 0 saturated heterocycles. The van der Waals surface area contributed by atoms with E-state index in [1.807, 2.05) is 42.5 Å². The van der Waals surface area contributed by atoms with Crippen LogP contribution in [-0.4, -0.2) is 22.0 Å². The Balaban J connectivity index is 1.32. The molecule has 0 N–H and O–H groups in total. The number of para-hydroxylation sites is 2. The molecule has 1 atom stereocenters. The first-order chi connectivity index (χ1) is 22.0. The molecule has 0 saturated carbocycles. The molecule has 8 nitrogen and oxygen atoms in total. The second-order valence-electron chi connectivity index (χ2n) is 10.6. The number of halogens is 1. The van der Waals surface area contributed by atoms with E-state index in [1.54, 1.807) is 59.5 Å².